The maximum Gasteiger partial charge on any atom is 0.338 e. The molecule has 9 heteroatoms. The molecule has 1 aliphatic rings. The van der Waals surface area contributed by atoms with Gasteiger partial charge in [-0.15, -0.1) is 6.58 Å². The zero-order valence-electron chi connectivity index (χ0n) is 17.0. The lowest BCUT2D eigenvalue weighted by Gasteiger charge is -2.24. The highest BCUT2D eigenvalue weighted by molar-refractivity contribution is 7.92. The third kappa shape index (κ3) is 5.45. The number of rotatable bonds is 9. The largest absolute Gasteiger partial charge is 0.449 e. The van der Waals surface area contributed by atoms with Gasteiger partial charge in [0.25, 0.3) is 15.9 Å². The number of esters is 1. The molecule has 2 aromatic rings. The number of nitrogens with one attached hydrogen (secondary N) is 1. The lowest BCUT2D eigenvalue weighted by atomic mass is 10.2. The van der Waals surface area contributed by atoms with Crippen molar-refractivity contribution in [3.63, 3.8) is 0 Å². The Morgan fingerprint density at radius 1 is 1.26 bits per heavy atom. The Hall–Kier alpha value is -2.84. The Kier molecular flexibility index (Phi) is 7.02. The van der Waals surface area contributed by atoms with Crippen molar-refractivity contribution in [2.45, 2.75) is 36.8 Å². The van der Waals surface area contributed by atoms with Crippen molar-refractivity contribution in [3.05, 3.63) is 71.8 Å². The van der Waals surface area contributed by atoms with E-state index in [4.69, 9.17) is 16.3 Å². The van der Waals surface area contributed by atoms with Crippen LogP contribution in [0.2, 0.25) is 5.02 Å². The molecule has 31 heavy (non-hydrogen) atoms. The predicted molar refractivity (Wildman–Crippen MR) is 119 cm³/mol. The Balaban J connectivity index is 1.84. The first-order valence-corrected chi connectivity index (χ1v) is 11.6. The molecule has 164 valence electrons. The summed E-state index contributed by atoms with van der Waals surface area (Å²) in [4.78, 5) is 24.4. The van der Waals surface area contributed by atoms with Crippen molar-refractivity contribution in [1.82, 2.24) is 5.32 Å². The number of carbonyl (C=O) groups is 2. The molecule has 0 radical (unpaired) electrons. The Labute approximate surface area is 186 Å². The first kappa shape index (κ1) is 22.8. The number of amides is 1. The van der Waals surface area contributed by atoms with Crippen LogP contribution in [0.25, 0.3) is 0 Å². The predicted octanol–water partition coefficient (Wildman–Crippen LogP) is 3.55. The molecule has 0 aromatic heterocycles. The quantitative estimate of drug-likeness (QED) is 0.454. The second-order valence-electron chi connectivity index (χ2n) is 7.13. The fourth-order valence-corrected chi connectivity index (χ4v) is 4.62. The van der Waals surface area contributed by atoms with E-state index < -0.39 is 22.1 Å². The van der Waals surface area contributed by atoms with Gasteiger partial charge in [0.05, 0.1) is 27.7 Å². The van der Waals surface area contributed by atoms with Crippen LogP contribution >= 0.6 is 11.6 Å². The zero-order chi connectivity index (χ0) is 22.6. The van der Waals surface area contributed by atoms with E-state index in [9.17, 15) is 18.0 Å². The SMILES string of the molecule is C=CCN(c1ccccc1Cl)S(=O)(=O)c1cccc(C(=O)OC(C)C(=O)NC2CC2)c1. The summed E-state index contributed by atoms with van der Waals surface area (Å²) >= 11 is 6.20. The third-order valence-corrected chi connectivity index (χ3v) is 6.75. The number of sulfonamides is 1. The van der Waals surface area contributed by atoms with Gasteiger partial charge in [-0.25, -0.2) is 13.2 Å². The molecule has 1 N–H and O–H groups in total. The van der Waals surface area contributed by atoms with E-state index in [-0.39, 0.29) is 34.0 Å². The molecule has 0 saturated heterocycles. The smallest absolute Gasteiger partial charge is 0.338 e. The molecule has 1 unspecified atom stereocenters. The van der Waals surface area contributed by atoms with Crippen molar-refractivity contribution < 1.29 is 22.7 Å². The molecule has 7 nitrogen and oxygen atoms in total. The Bertz CT molecular complexity index is 1100. The number of benzene rings is 2. The first-order chi connectivity index (χ1) is 14.7. The lowest BCUT2D eigenvalue weighted by Crippen LogP contribution is -2.37. The van der Waals surface area contributed by atoms with Crippen LogP contribution in [-0.2, 0) is 19.6 Å². The lowest BCUT2D eigenvalue weighted by molar-refractivity contribution is -0.129. The average molecular weight is 463 g/mol. The molecule has 1 atom stereocenters. The number of hydrogen-bond acceptors (Lipinski definition) is 5. The summed E-state index contributed by atoms with van der Waals surface area (Å²) in [5.74, 6) is -1.17. The molecule has 1 amide bonds. The second-order valence-corrected chi connectivity index (χ2v) is 9.40. The van der Waals surface area contributed by atoms with E-state index in [0.29, 0.717) is 5.69 Å². The zero-order valence-corrected chi connectivity index (χ0v) is 18.5. The van der Waals surface area contributed by atoms with Crippen molar-refractivity contribution in [1.29, 1.82) is 0 Å². The summed E-state index contributed by atoms with van der Waals surface area (Å²) in [7, 11) is -4.06. The van der Waals surface area contributed by atoms with Crippen molar-refractivity contribution in [2.24, 2.45) is 0 Å². The fourth-order valence-electron chi connectivity index (χ4n) is 2.84. The highest BCUT2D eigenvalue weighted by Gasteiger charge is 2.29. The highest BCUT2D eigenvalue weighted by atomic mass is 35.5. The van der Waals surface area contributed by atoms with E-state index in [1.54, 1.807) is 24.3 Å². The van der Waals surface area contributed by atoms with Gasteiger partial charge in [-0.05, 0) is 50.1 Å². The van der Waals surface area contributed by atoms with Gasteiger partial charge in [0, 0.05) is 6.04 Å². The molecular weight excluding hydrogens is 440 g/mol. The molecule has 3 rings (SSSR count). The van der Waals surface area contributed by atoms with Crippen molar-refractivity contribution in [2.75, 3.05) is 10.8 Å². The van der Waals surface area contributed by atoms with Gasteiger partial charge in [0.15, 0.2) is 6.10 Å². The third-order valence-electron chi connectivity index (χ3n) is 4.65. The monoisotopic (exact) mass is 462 g/mol. The standard InChI is InChI=1S/C22H23ClN2O5S/c1-3-13-25(20-10-5-4-9-19(20)23)31(28,29)18-8-6-7-16(14-18)22(27)30-15(2)21(26)24-17-11-12-17/h3-10,14-15,17H,1,11-13H2,2H3,(H,24,26). The van der Waals surface area contributed by atoms with Gasteiger partial charge in [-0.3, -0.25) is 9.10 Å². The first-order valence-electron chi connectivity index (χ1n) is 9.73. The van der Waals surface area contributed by atoms with Crippen LogP contribution in [0, 0.1) is 0 Å². The molecule has 0 spiro atoms. The van der Waals surface area contributed by atoms with Crippen LogP contribution in [0.4, 0.5) is 5.69 Å². The normalized spacial score (nSPS) is 14.4. The van der Waals surface area contributed by atoms with Crippen LogP contribution in [0.1, 0.15) is 30.1 Å². The summed E-state index contributed by atoms with van der Waals surface area (Å²) in [6.45, 7) is 5.08. The number of halogens is 1. The fraction of sp³-hybridized carbons (Fsp3) is 0.273. The van der Waals surface area contributed by atoms with Gasteiger partial charge in [0.2, 0.25) is 0 Å². The number of hydrogen-bond donors (Lipinski definition) is 1. The van der Waals surface area contributed by atoms with E-state index in [1.807, 2.05) is 0 Å². The van der Waals surface area contributed by atoms with Gasteiger partial charge in [0.1, 0.15) is 0 Å². The molecule has 2 aromatic carbocycles. The number of nitrogens with zero attached hydrogens (tertiary/aromatic N) is 1. The highest BCUT2D eigenvalue weighted by Crippen LogP contribution is 2.30. The minimum Gasteiger partial charge on any atom is -0.449 e. The van der Waals surface area contributed by atoms with Gasteiger partial charge < -0.3 is 10.1 Å². The average Bonchev–Trinajstić information content (AvgIpc) is 3.56. The van der Waals surface area contributed by atoms with Crippen molar-refractivity contribution >= 4 is 39.2 Å². The minimum absolute atomic E-state index is 0.0148. The van der Waals surface area contributed by atoms with Crippen LogP contribution in [0.3, 0.4) is 0 Å². The molecule has 1 aliphatic carbocycles. The topological polar surface area (TPSA) is 92.8 Å². The molecular formula is C22H23ClN2O5S. The minimum atomic E-state index is -4.06. The van der Waals surface area contributed by atoms with Crippen LogP contribution in [0.15, 0.2) is 66.1 Å². The van der Waals surface area contributed by atoms with Crippen molar-refractivity contribution in [3.8, 4) is 0 Å². The molecule has 1 fully saturated rings. The van der Waals surface area contributed by atoms with Crippen LogP contribution < -0.4 is 9.62 Å². The molecule has 1 saturated carbocycles. The number of carbonyl (C=O) groups excluding carboxylic acids is 2. The number of anilines is 1. The second kappa shape index (κ2) is 9.53. The van der Waals surface area contributed by atoms with Crippen LogP contribution in [-0.4, -0.2) is 39.0 Å². The van der Waals surface area contributed by atoms with E-state index >= 15 is 0 Å². The summed E-state index contributed by atoms with van der Waals surface area (Å²) in [6.07, 6.45) is 2.28. The van der Waals surface area contributed by atoms with E-state index in [0.717, 1.165) is 17.1 Å². The summed E-state index contributed by atoms with van der Waals surface area (Å²) in [6, 6.07) is 12.2. The molecule has 0 bridgehead atoms. The summed E-state index contributed by atoms with van der Waals surface area (Å²) in [5.41, 5.74) is 0.312. The van der Waals surface area contributed by atoms with Gasteiger partial charge in [-0.1, -0.05) is 35.9 Å². The number of ether oxygens (including phenoxy) is 1. The van der Waals surface area contributed by atoms with Gasteiger partial charge in [-0.2, -0.15) is 0 Å². The number of para-hydroxylation sites is 1. The summed E-state index contributed by atoms with van der Waals surface area (Å²) < 4.78 is 32.9. The Morgan fingerprint density at radius 2 is 1.97 bits per heavy atom. The van der Waals surface area contributed by atoms with E-state index in [1.165, 1.54) is 37.3 Å². The molecule has 0 heterocycles. The van der Waals surface area contributed by atoms with Crippen LogP contribution in [0.5, 0.6) is 0 Å². The molecule has 0 aliphatic heterocycles. The maximum atomic E-state index is 13.3. The Morgan fingerprint density at radius 3 is 2.61 bits per heavy atom. The summed E-state index contributed by atoms with van der Waals surface area (Å²) in [5, 5.41) is 3.02. The van der Waals surface area contributed by atoms with Gasteiger partial charge >= 0.3 is 5.97 Å². The van der Waals surface area contributed by atoms with E-state index in [2.05, 4.69) is 11.9 Å². The maximum absolute atomic E-state index is 13.3.